The fourth-order valence-corrected chi connectivity index (χ4v) is 4.95. The minimum Gasteiger partial charge on any atom is -0.351 e. The number of carbonyl (C=O) groups excluding carboxylic acids is 1. The first-order chi connectivity index (χ1) is 16.9. The van der Waals surface area contributed by atoms with E-state index >= 15 is 0 Å². The Morgan fingerprint density at radius 2 is 1.77 bits per heavy atom. The van der Waals surface area contributed by atoms with E-state index in [1.807, 2.05) is 87.5 Å². The van der Waals surface area contributed by atoms with Gasteiger partial charge in [0.1, 0.15) is 11.0 Å². The Labute approximate surface area is 207 Å². The first-order valence-corrected chi connectivity index (χ1v) is 12.5. The molecule has 0 bridgehead atoms. The van der Waals surface area contributed by atoms with Gasteiger partial charge >= 0.3 is 0 Å². The number of nitrogens with zero attached hydrogens (tertiary/aromatic N) is 2. The molecule has 3 aromatic carbocycles. The quantitative estimate of drug-likeness (QED) is 0.258. The summed E-state index contributed by atoms with van der Waals surface area (Å²) < 4.78 is 1.62. The average Bonchev–Trinajstić information content (AvgIpc) is 3.24. The monoisotopic (exact) mass is 482 g/mol. The number of para-hydroxylation sites is 1. The highest BCUT2D eigenvalue weighted by Gasteiger charge is 2.19. The molecule has 0 fully saturated rings. The summed E-state index contributed by atoms with van der Waals surface area (Å²) in [6.45, 7) is 6.50. The van der Waals surface area contributed by atoms with Crippen molar-refractivity contribution in [3.05, 3.63) is 99.3 Å². The molecule has 5 rings (SSSR count). The van der Waals surface area contributed by atoms with Gasteiger partial charge in [0, 0.05) is 17.4 Å². The summed E-state index contributed by atoms with van der Waals surface area (Å²) in [6.07, 6.45) is 0. The number of rotatable bonds is 6. The number of aromatic amines is 1. The minimum atomic E-state index is -0.178. The van der Waals surface area contributed by atoms with Gasteiger partial charge in [0.15, 0.2) is 5.16 Å². The normalized spacial score (nSPS) is 11.3. The number of thioether (sulfide) groups is 1. The van der Waals surface area contributed by atoms with Gasteiger partial charge in [-0.15, -0.1) is 0 Å². The molecule has 0 saturated heterocycles. The molecule has 2 N–H and O–H groups in total. The van der Waals surface area contributed by atoms with Crippen molar-refractivity contribution >= 4 is 39.6 Å². The van der Waals surface area contributed by atoms with Crippen LogP contribution >= 0.6 is 11.8 Å². The number of H-pyrrole nitrogens is 1. The van der Waals surface area contributed by atoms with Crippen molar-refractivity contribution in [2.24, 2.45) is 0 Å². The van der Waals surface area contributed by atoms with Crippen LogP contribution in [0.5, 0.6) is 0 Å². The van der Waals surface area contributed by atoms with E-state index in [-0.39, 0.29) is 17.2 Å². The molecule has 0 aliphatic carbocycles. The molecule has 0 aliphatic heterocycles. The molecule has 176 valence electrons. The third kappa shape index (κ3) is 4.47. The first kappa shape index (κ1) is 22.9. The molecule has 0 unspecified atom stereocenters. The highest BCUT2D eigenvalue weighted by atomic mass is 32.2. The predicted molar refractivity (Wildman–Crippen MR) is 142 cm³/mol. The van der Waals surface area contributed by atoms with Crippen LogP contribution in [0.4, 0.5) is 0 Å². The molecule has 7 heteroatoms. The lowest BCUT2D eigenvalue weighted by Crippen LogP contribution is -2.26. The Hall–Kier alpha value is -3.84. The van der Waals surface area contributed by atoms with Crippen molar-refractivity contribution in [3.63, 3.8) is 0 Å². The molecule has 0 radical (unpaired) electrons. The Morgan fingerprint density at radius 1 is 1.00 bits per heavy atom. The van der Waals surface area contributed by atoms with Gasteiger partial charge in [-0.05, 0) is 49.6 Å². The van der Waals surface area contributed by atoms with Crippen molar-refractivity contribution in [1.82, 2.24) is 19.9 Å². The number of hydrogen-bond donors (Lipinski definition) is 2. The van der Waals surface area contributed by atoms with E-state index in [0.717, 1.165) is 33.3 Å². The van der Waals surface area contributed by atoms with Crippen LogP contribution < -0.4 is 10.9 Å². The van der Waals surface area contributed by atoms with E-state index in [9.17, 15) is 9.59 Å². The molecule has 0 saturated carbocycles. The van der Waals surface area contributed by atoms with Crippen LogP contribution in [0.2, 0.25) is 0 Å². The van der Waals surface area contributed by atoms with Crippen LogP contribution in [0.1, 0.15) is 22.3 Å². The molecule has 0 aliphatic rings. The zero-order valence-electron chi connectivity index (χ0n) is 19.9. The van der Waals surface area contributed by atoms with E-state index < -0.39 is 0 Å². The van der Waals surface area contributed by atoms with E-state index in [1.54, 1.807) is 4.57 Å². The van der Waals surface area contributed by atoms with Gasteiger partial charge in [0.25, 0.3) is 5.56 Å². The Kier molecular flexibility index (Phi) is 6.17. The van der Waals surface area contributed by atoms with Gasteiger partial charge in [-0.2, -0.15) is 0 Å². The maximum atomic E-state index is 13.7. The van der Waals surface area contributed by atoms with Crippen molar-refractivity contribution in [2.75, 3.05) is 5.75 Å². The fourth-order valence-electron chi connectivity index (χ4n) is 4.12. The number of aromatic nitrogens is 3. The Balaban J connectivity index is 1.51. The Bertz CT molecular complexity index is 1620. The summed E-state index contributed by atoms with van der Waals surface area (Å²) >= 11 is 1.27. The second kappa shape index (κ2) is 9.43. The zero-order chi connectivity index (χ0) is 24.5. The van der Waals surface area contributed by atoms with E-state index in [0.29, 0.717) is 22.7 Å². The second-order valence-electron chi connectivity index (χ2n) is 8.70. The standard InChI is InChI=1S/C28H26N4O2S/c1-17-11-13-20(14-12-17)15-29-24(33)16-35-28-31-25-21-8-4-5-9-22(21)30-26(25)27(34)32(28)23-10-6-7-18(2)19(23)3/h4-14,30H,15-16H2,1-3H3,(H,29,33). The van der Waals surface area contributed by atoms with Crippen molar-refractivity contribution in [3.8, 4) is 5.69 Å². The van der Waals surface area contributed by atoms with Crippen LogP contribution in [0.15, 0.2) is 76.7 Å². The summed E-state index contributed by atoms with van der Waals surface area (Å²) in [5, 5.41) is 4.34. The number of fused-ring (bicyclic) bond motifs is 3. The SMILES string of the molecule is Cc1ccc(CNC(=O)CSc2nc3c([nH]c4ccccc43)c(=O)n2-c2cccc(C)c2C)cc1. The number of benzene rings is 3. The van der Waals surface area contributed by atoms with Gasteiger partial charge < -0.3 is 10.3 Å². The summed E-state index contributed by atoms with van der Waals surface area (Å²) in [7, 11) is 0. The van der Waals surface area contributed by atoms with Gasteiger partial charge in [0.05, 0.1) is 11.4 Å². The lowest BCUT2D eigenvalue weighted by molar-refractivity contribution is -0.118. The smallest absolute Gasteiger partial charge is 0.283 e. The van der Waals surface area contributed by atoms with Gasteiger partial charge in [-0.1, -0.05) is 71.9 Å². The molecule has 6 nitrogen and oxygen atoms in total. The topological polar surface area (TPSA) is 79.8 Å². The second-order valence-corrected chi connectivity index (χ2v) is 9.64. The van der Waals surface area contributed by atoms with Crippen molar-refractivity contribution < 1.29 is 4.79 Å². The number of hydrogen-bond acceptors (Lipinski definition) is 4. The molecule has 2 heterocycles. The lowest BCUT2D eigenvalue weighted by atomic mass is 10.1. The largest absolute Gasteiger partial charge is 0.351 e. The molecule has 1 amide bonds. The number of carbonyl (C=O) groups is 1. The highest BCUT2D eigenvalue weighted by Crippen LogP contribution is 2.27. The van der Waals surface area contributed by atoms with E-state index in [4.69, 9.17) is 4.98 Å². The number of amides is 1. The third-order valence-corrected chi connectivity index (χ3v) is 7.19. The lowest BCUT2D eigenvalue weighted by Gasteiger charge is -2.15. The summed E-state index contributed by atoms with van der Waals surface area (Å²) in [5.74, 6) is 0.0353. The molecular formula is C28H26N4O2S. The van der Waals surface area contributed by atoms with E-state index in [2.05, 4.69) is 10.3 Å². The van der Waals surface area contributed by atoms with Crippen molar-refractivity contribution in [1.29, 1.82) is 0 Å². The minimum absolute atomic E-state index is 0.114. The first-order valence-electron chi connectivity index (χ1n) is 11.5. The van der Waals surface area contributed by atoms with Crippen molar-refractivity contribution in [2.45, 2.75) is 32.5 Å². The van der Waals surface area contributed by atoms with Crippen LogP contribution in [0.25, 0.3) is 27.6 Å². The summed E-state index contributed by atoms with van der Waals surface area (Å²) in [6, 6.07) is 21.7. The molecule has 0 spiro atoms. The molecule has 2 aromatic heterocycles. The predicted octanol–water partition coefficient (Wildman–Crippen LogP) is 5.20. The third-order valence-electron chi connectivity index (χ3n) is 6.25. The highest BCUT2D eigenvalue weighted by molar-refractivity contribution is 7.99. The zero-order valence-corrected chi connectivity index (χ0v) is 20.7. The molecule has 0 atom stereocenters. The fraction of sp³-hybridized carbons (Fsp3) is 0.179. The maximum absolute atomic E-state index is 13.7. The van der Waals surface area contributed by atoms with E-state index in [1.165, 1.54) is 17.3 Å². The van der Waals surface area contributed by atoms with Crippen LogP contribution in [0.3, 0.4) is 0 Å². The number of aryl methyl sites for hydroxylation is 2. The van der Waals surface area contributed by atoms with Crippen LogP contribution in [-0.2, 0) is 11.3 Å². The van der Waals surface area contributed by atoms with Gasteiger partial charge in [-0.25, -0.2) is 4.98 Å². The summed E-state index contributed by atoms with van der Waals surface area (Å²) in [4.78, 5) is 34.6. The Morgan fingerprint density at radius 3 is 2.57 bits per heavy atom. The van der Waals surface area contributed by atoms with Gasteiger partial charge in [-0.3, -0.25) is 14.2 Å². The number of nitrogens with one attached hydrogen (secondary N) is 2. The molecular weight excluding hydrogens is 456 g/mol. The maximum Gasteiger partial charge on any atom is 0.283 e. The van der Waals surface area contributed by atoms with Crippen LogP contribution in [-0.4, -0.2) is 26.2 Å². The molecule has 35 heavy (non-hydrogen) atoms. The van der Waals surface area contributed by atoms with Gasteiger partial charge in [0.2, 0.25) is 5.91 Å². The molecule has 5 aromatic rings. The van der Waals surface area contributed by atoms with Crippen LogP contribution in [0, 0.1) is 20.8 Å². The average molecular weight is 483 g/mol. The summed E-state index contributed by atoms with van der Waals surface area (Å²) in [5.41, 5.74) is 6.83.